The van der Waals surface area contributed by atoms with Crippen LogP contribution in [-0.2, 0) is 76.0 Å². The Morgan fingerprint density at radius 1 is 0.456 bits per heavy atom. The van der Waals surface area contributed by atoms with E-state index in [9.17, 15) is 132 Å². The molecule has 0 saturated carbocycles. The van der Waals surface area contributed by atoms with Crippen LogP contribution in [0.5, 0.6) is 0 Å². The van der Waals surface area contributed by atoms with E-state index in [1.165, 1.54) is 0 Å². The van der Waals surface area contributed by atoms with Crippen molar-refractivity contribution in [1.29, 1.82) is 0 Å². The number of aliphatic hydroxyl groups excluding tert-OH is 22. The molecular formula is C49H82N2O39. The smallest absolute Gasteiger partial charge is 0.364 e. The maximum atomic E-state index is 13.0. The number of carbonyl (C=O) groups excluding carboxylic acids is 2. The highest BCUT2D eigenvalue weighted by atomic mass is 16.8. The van der Waals surface area contributed by atoms with Gasteiger partial charge in [-0.25, -0.2) is 4.79 Å². The van der Waals surface area contributed by atoms with Gasteiger partial charge in [-0.3, -0.25) is 9.59 Å². The number of nitrogens with one attached hydrogen (secondary N) is 2. The molecule has 2 amide bonds. The molecule has 0 aromatic heterocycles. The van der Waals surface area contributed by atoms with Gasteiger partial charge in [0.2, 0.25) is 11.8 Å². The minimum Gasteiger partial charge on any atom is -0.477 e. The van der Waals surface area contributed by atoms with Crippen LogP contribution in [0.15, 0.2) is 0 Å². The zero-order valence-corrected chi connectivity index (χ0v) is 47.7. The van der Waals surface area contributed by atoms with E-state index in [4.69, 9.17) is 61.6 Å². The number of hydrogen-bond donors (Lipinski definition) is 25. The fraction of sp³-hybridized carbons (Fsp3) is 0.939. The van der Waals surface area contributed by atoms with Crippen molar-refractivity contribution in [1.82, 2.24) is 10.6 Å². The predicted octanol–water partition coefficient (Wildman–Crippen LogP) is -16.8. The first-order valence-corrected chi connectivity index (χ1v) is 28.3. The number of ether oxygens (including phenoxy) is 13. The van der Waals surface area contributed by atoms with Crippen LogP contribution in [-0.4, -0.2) is 402 Å². The summed E-state index contributed by atoms with van der Waals surface area (Å²) in [4.78, 5) is 37.8. The third-order valence-corrected chi connectivity index (χ3v) is 16.3. The van der Waals surface area contributed by atoms with Crippen LogP contribution in [0.2, 0.25) is 0 Å². The number of aliphatic carboxylic acids is 1. The zero-order valence-electron chi connectivity index (χ0n) is 47.7. The maximum absolute atomic E-state index is 13.0. The number of rotatable bonds is 24. The molecule has 25 N–H and O–H groups in total. The minimum absolute atomic E-state index is 0.838. The Morgan fingerprint density at radius 3 is 1.40 bits per heavy atom. The molecule has 7 heterocycles. The van der Waals surface area contributed by atoms with Crippen molar-refractivity contribution in [2.75, 3.05) is 46.2 Å². The van der Waals surface area contributed by atoms with E-state index in [0.717, 1.165) is 13.8 Å². The van der Waals surface area contributed by atoms with Crippen LogP contribution in [0, 0.1) is 0 Å². The van der Waals surface area contributed by atoms with Gasteiger partial charge in [-0.1, -0.05) is 0 Å². The Bertz CT molecular complexity index is 2290. The molecule has 7 fully saturated rings. The molecule has 0 bridgehead atoms. The van der Waals surface area contributed by atoms with E-state index in [-0.39, 0.29) is 0 Å². The summed E-state index contributed by atoms with van der Waals surface area (Å²) in [5.74, 6) is -7.06. The lowest BCUT2D eigenvalue weighted by Crippen LogP contribution is -2.71. The topological polar surface area (TPSA) is 661 Å². The Morgan fingerprint density at radius 2 is 0.878 bits per heavy atom. The highest BCUT2D eigenvalue weighted by molar-refractivity contribution is 5.76. The van der Waals surface area contributed by atoms with Gasteiger partial charge in [0, 0.05) is 20.3 Å². The Kier molecular flexibility index (Phi) is 26.2. The fourth-order valence-corrected chi connectivity index (χ4v) is 11.4. The third-order valence-electron chi connectivity index (χ3n) is 16.3. The SMILES string of the molecule is CC(=O)N[C@H]1[C@@H](OC[C@H]2O[C@H](O[C@@H]3[C@H](O[C@@H]4O[C@H](CO)[C@@H](O)[C@H](O)[C@H]4O)[C@@H](O)[C@H](O[C@H]4[C@H](O)[C@@H](O)[C@H](O)O[C@@H]4CO)O[C@@H]3CO)[C@H](O)[C@@H](O)[C@@H]2O)O[C@H](CO)[C@@H](O[C@@H]2O[C@H](CO)[C@H](O)[C@H](O[C@]3(C(=O)O)C[C@H](O)[C@@H](NC(C)=O)[C@H]([C@H](O)[C@H](O)CO)O3)[C@H]2O)[C@@H]1O. The summed E-state index contributed by atoms with van der Waals surface area (Å²) in [5.41, 5.74) is 0. The fourth-order valence-electron chi connectivity index (χ4n) is 11.4. The van der Waals surface area contributed by atoms with Crippen LogP contribution in [0.4, 0.5) is 0 Å². The van der Waals surface area contributed by atoms with Crippen molar-refractivity contribution in [2.24, 2.45) is 0 Å². The lowest BCUT2D eigenvalue weighted by molar-refractivity contribution is -0.400. The van der Waals surface area contributed by atoms with Crippen molar-refractivity contribution >= 4 is 17.8 Å². The summed E-state index contributed by atoms with van der Waals surface area (Å²) in [6, 6.07) is -3.52. The largest absolute Gasteiger partial charge is 0.477 e. The molecule has 0 aromatic carbocycles. The van der Waals surface area contributed by atoms with Gasteiger partial charge in [-0.05, 0) is 0 Å². The van der Waals surface area contributed by atoms with Crippen LogP contribution in [0.3, 0.4) is 0 Å². The summed E-state index contributed by atoms with van der Waals surface area (Å²) in [6.45, 7) is -5.63. The van der Waals surface area contributed by atoms with Crippen LogP contribution >= 0.6 is 0 Å². The summed E-state index contributed by atoms with van der Waals surface area (Å²) in [5, 5.41) is 252. The van der Waals surface area contributed by atoms with Gasteiger partial charge in [0.15, 0.2) is 37.7 Å². The van der Waals surface area contributed by atoms with Crippen LogP contribution in [0.25, 0.3) is 0 Å². The monoisotopic (exact) mass is 1320 g/mol. The number of aliphatic hydroxyl groups is 22. The van der Waals surface area contributed by atoms with Gasteiger partial charge >= 0.3 is 5.97 Å². The van der Waals surface area contributed by atoms with Gasteiger partial charge in [-0.2, -0.15) is 0 Å². The molecule has 7 aliphatic heterocycles. The van der Waals surface area contributed by atoms with Crippen molar-refractivity contribution in [3.05, 3.63) is 0 Å². The van der Waals surface area contributed by atoms with E-state index >= 15 is 0 Å². The average molecular weight is 1320 g/mol. The molecule has 36 atom stereocenters. The van der Waals surface area contributed by atoms with E-state index in [0.29, 0.717) is 0 Å². The Labute approximate surface area is 508 Å². The second kappa shape index (κ2) is 31.7. The number of amides is 2. The number of hydrogen-bond acceptors (Lipinski definition) is 38. The van der Waals surface area contributed by atoms with Crippen molar-refractivity contribution in [3.8, 4) is 0 Å². The molecule has 0 radical (unpaired) electrons. The van der Waals surface area contributed by atoms with E-state index in [1.54, 1.807) is 0 Å². The molecule has 7 rings (SSSR count). The first-order valence-electron chi connectivity index (χ1n) is 28.3. The minimum atomic E-state index is -3.22. The first-order chi connectivity index (χ1) is 42.4. The summed E-state index contributed by atoms with van der Waals surface area (Å²) in [6.07, 6.45) is -69.7. The molecule has 90 heavy (non-hydrogen) atoms. The molecule has 522 valence electrons. The molecule has 7 saturated heterocycles. The molecule has 0 aliphatic carbocycles. The molecule has 7 aliphatic rings. The molecule has 0 unspecified atom stereocenters. The zero-order chi connectivity index (χ0) is 66.7. The van der Waals surface area contributed by atoms with Crippen LogP contribution in [0.1, 0.15) is 20.3 Å². The lowest BCUT2D eigenvalue weighted by atomic mass is 9.88. The van der Waals surface area contributed by atoms with E-state index < -0.39 is 291 Å². The molecule has 0 spiro atoms. The van der Waals surface area contributed by atoms with Crippen molar-refractivity contribution in [2.45, 2.75) is 241 Å². The van der Waals surface area contributed by atoms with Crippen molar-refractivity contribution in [3.63, 3.8) is 0 Å². The second-order valence-corrected chi connectivity index (χ2v) is 22.5. The lowest BCUT2D eigenvalue weighted by Gasteiger charge is -2.51. The Hall–Kier alpha value is -2.99. The molecule has 41 nitrogen and oxygen atoms in total. The first kappa shape index (κ1) is 74.4. The standard InChI is InChI=1S/C49H82N2O39/c1-11(58)50-21-13(60)3-49(48(76)77,89-39(21)23(62)14(61)4-52)90-40-26(65)16(6-54)81-46(34(40)73)85-36-18(8-56)82-43(22(27(36)66)51-12(2)59)78-10-20-25(64)29(68)33(72)45(84-20)87-38-19(9-57)83-47(86-37-17(7-55)79-42(75)31(70)30(37)69)35(74)41(38)88-44-32(71)28(67)24(63)15(5-53)80-44/h13-47,52-57,60-75H,3-10H2,1-2H3,(H,50,58)(H,51,59)(H,76,77)/t13-,14+,15+,16+,17+,18+,19+,20+,21+,22+,23+,24+,25+,26-,27+,28-,29-,30+,31+,32+,33+,34+,35+,36+,37+,38-,39+,40-,41+,42+,43-,44-,45+,46-,47-,49-/m0/s1. The van der Waals surface area contributed by atoms with E-state index in [2.05, 4.69) is 10.6 Å². The number of carbonyl (C=O) groups is 3. The maximum Gasteiger partial charge on any atom is 0.364 e. The number of carboxylic acid groups (broad SMARTS) is 1. The summed E-state index contributed by atoms with van der Waals surface area (Å²) in [7, 11) is 0. The average Bonchev–Trinajstić information content (AvgIpc) is 0.816. The second-order valence-electron chi connectivity index (χ2n) is 22.5. The van der Waals surface area contributed by atoms with Gasteiger partial charge < -0.3 is 190 Å². The summed E-state index contributed by atoms with van der Waals surface area (Å²) < 4.78 is 74.3. The number of carboxylic acids is 1. The summed E-state index contributed by atoms with van der Waals surface area (Å²) >= 11 is 0. The van der Waals surface area contributed by atoms with E-state index in [1.807, 2.05) is 0 Å². The highest BCUT2D eigenvalue weighted by Crippen LogP contribution is 2.40. The van der Waals surface area contributed by atoms with Crippen LogP contribution < -0.4 is 10.6 Å². The predicted molar refractivity (Wildman–Crippen MR) is 272 cm³/mol. The molecular weight excluding hydrogens is 1240 g/mol. The van der Waals surface area contributed by atoms with Gasteiger partial charge in [0.25, 0.3) is 5.79 Å². The quantitative estimate of drug-likeness (QED) is 0.0427. The Balaban J connectivity index is 1.10. The van der Waals surface area contributed by atoms with Gasteiger partial charge in [0.1, 0.15) is 165 Å². The van der Waals surface area contributed by atoms with Crippen molar-refractivity contribution < 1.29 is 193 Å². The highest BCUT2D eigenvalue weighted by Gasteiger charge is 2.62. The van der Waals surface area contributed by atoms with Gasteiger partial charge in [0.05, 0.1) is 58.4 Å². The van der Waals surface area contributed by atoms with Gasteiger partial charge in [-0.15, -0.1) is 0 Å². The molecule has 41 heteroatoms. The normalized spacial score (nSPS) is 48.5. The third kappa shape index (κ3) is 15.8. The molecule has 0 aromatic rings.